The van der Waals surface area contributed by atoms with Crippen LogP contribution in [0.1, 0.15) is 31.0 Å². The van der Waals surface area contributed by atoms with E-state index >= 15 is 0 Å². The summed E-state index contributed by atoms with van der Waals surface area (Å²) in [6.45, 7) is 5.68. The van der Waals surface area contributed by atoms with Gasteiger partial charge in [-0.3, -0.25) is 4.79 Å². The van der Waals surface area contributed by atoms with Crippen molar-refractivity contribution in [2.45, 2.75) is 26.8 Å². The lowest BCUT2D eigenvalue weighted by molar-refractivity contribution is -0.114. The van der Waals surface area contributed by atoms with E-state index in [1.54, 1.807) is 0 Å². The van der Waals surface area contributed by atoms with Crippen LogP contribution in [0.5, 0.6) is 0 Å². The maximum absolute atomic E-state index is 11.1. The Balaban J connectivity index is 2.16. The number of aryl methyl sites for hydroxylation is 1. The molecule has 1 atom stereocenters. The molecule has 3 nitrogen and oxygen atoms in total. The third kappa shape index (κ3) is 4.60. The zero-order valence-corrected chi connectivity index (χ0v) is 14.0. The largest absolute Gasteiger partial charge is 0.378 e. The highest BCUT2D eigenvalue weighted by Crippen LogP contribution is 2.25. The van der Waals surface area contributed by atoms with Gasteiger partial charge in [0.15, 0.2) is 0 Å². The Hall–Kier alpha value is -1.81. The number of carbonyl (C=O) groups is 1. The first-order chi connectivity index (χ1) is 9.94. The van der Waals surface area contributed by atoms with Gasteiger partial charge in [-0.2, -0.15) is 0 Å². The van der Waals surface area contributed by atoms with Gasteiger partial charge in [-0.1, -0.05) is 28.1 Å². The lowest BCUT2D eigenvalue weighted by Crippen LogP contribution is -2.09. The van der Waals surface area contributed by atoms with Crippen molar-refractivity contribution in [1.29, 1.82) is 0 Å². The molecular formula is C17H19BrN2O. The Kier molecular flexibility index (Phi) is 5.02. The topological polar surface area (TPSA) is 41.1 Å². The monoisotopic (exact) mass is 346 g/mol. The fourth-order valence-electron chi connectivity index (χ4n) is 2.24. The minimum absolute atomic E-state index is 0.0598. The molecule has 21 heavy (non-hydrogen) atoms. The normalized spacial score (nSPS) is 11.8. The molecule has 0 bridgehead atoms. The zero-order valence-electron chi connectivity index (χ0n) is 12.4. The number of amides is 1. The molecule has 0 saturated carbocycles. The molecule has 0 aliphatic carbocycles. The molecule has 1 unspecified atom stereocenters. The number of hydrogen-bond acceptors (Lipinski definition) is 2. The molecule has 0 aromatic heterocycles. The summed E-state index contributed by atoms with van der Waals surface area (Å²) in [5.74, 6) is -0.0598. The molecule has 0 radical (unpaired) electrons. The Morgan fingerprint density at radius 2 is 1.90 bits per heavy atom. The predicted octanol–water partition coefficient (Wildman–Crippen LogP) is 4.89. The average molecular weight is 347 g/mol. The maximum Gasteiger partial charge on any atom is 0.221 e. The standard InChI is InChI=1S/C17H19BrN2O/c1-11-7-15(18)10-17(8-11)19-12(2)14-5-4-6-16(9-14)20-13(3)21/h4-10,12,19H,1-3H3,(H,20,21). The molecule has 0 fully saturated rings. The summed E-state index contributed by atoms with van der Waals surface area (Å²) in [7, 11) is 0. The molecule has 2 rings (SSSR count). The van der Waals surface area contributed by atoms with Crippen molar-refractivity contribution in [3.8, 4) is 0 Å². The highest BCUT2D eigenvalue weighted by atomic mass is 79.9. The Morgan fingerprint density at radius 1 is 1.14 bits per heavy atom. The van der Waals surface area contributed by atoms with E-state index in [4.69, 9.17) is 0 Å². The van der Waals surface area contributed by atoms with Crippen LogP contribution in [-0.2, 0) is 4.79 Å². The van der Waals surface area contributed by atoms with Crippen molar-refractivity contribution >= 4 is 33.2 Å². The van der Waals surface area contributed by atoms with E-state index in [1.807, 2.05) is 24.3 Å². The van der Waals surface area contributed by atoms with E-state index in [9.17, 15) is 4.79 Å². The van der Waals surface area contributed by atoms with Gasteiger partial charge in [-0.15, -0.1) is 0 Å². The van der Waals surface area contributed by atoms with Gasteiger partial charge in [-0.05, 0) is 55.3 Å². The van der Waals surface area contributed by atoms with Crippen molar-refractivity contribution in [2.24, 2.45) is 0 Å². The van der Waals surface area contributed by atoms with Crippen LogP contribution in [0.3, 0.4) is 0 Å². The maximum atomic E-state index is 11.1. The number of rotatable bonds is 4. The van der Waals surface area contributed by atoms with Crippen molar-refractivity contribution in [1.82, 2.24) is 0 Å². The Labute approximate surface area is 133 Å². The van der Waals surface area contributed by atoms with Gasteiger partial charge in [0, 0.05) is 28.8 Å². The summed E-state index contributed by atoms with van der Waals surface area (Å²) < 4.78 is 1.06. The van der Waals surface area contributed by atoms with Crippen LogP contribution >= 0.6 is 15.9 Å². The van der Waals surface area contributed by atoms with E-state index in [2.05, 4.69) is 58.6 Å². The molecule has 2 aromatic rings. The minimum Gasteiger partial charge on any atom is -0.378 e. The molecule has 110 valence electrons. The van der Waals surface area contributed by atoms with Gasteiger partial charge in [0.25, 0.3) is 0 Å². The molecule has 2 N–H and O–H groups in total. The fourth-order valence-corrected chi connectivity index (χ4v) is 2.85. The van der Waals surface area contributed by atoms with Gasteiger partial charge < -0.3 is 10.6 Å². The molecular weight excluding hydrogens is 328 g/mol. The highest BCUT2D eigenvalue weighted by molar-refractivity contribution is 9.10. The van der Waals surface area contributed by atoms with E-state index < -0.39 is 0 Å². The Morgan fingerprint density at radius 3 is 2.57 bits per heavy atom. The van der Waals surface area contributed by atoms with Crippen molar-refractivity contribution in [2.75, 3.05) is 10.6 Å². The van der Waals surface area contributed by atoms with Gasteiger partial charge in [0.1, 0.15) is 0 Å². The van der Waals surface area contributed by atoms with Crippen LogP contribution in [-0.4, -0.2) is 5.91 Å². The van der Waals surface area contributed by atoms with Gasteiger partial charge in [-0.25, -0.2) is 0 Å². The van der Waals surface area contributed by atoms with E-state index in [1.165, 1.54) is 12.5 Å². The van der Waals surface area contributed by atoms with Crippen LogP contribution < -0.4 is 10.6 Å². The smallest absolute Gasteiger partial charge is 0.221 e. The summed E-state index contributed by atoms with van der Waals surface area (Å²) in [4.78, 5) is 11.1. The number of halogens is 1. The second-order valence-electron chi connectivity index (χ2n) is 5.19. The molecule has 0 aliphatic heterocycles. The summed E-state index contributed by atoms with van der Waals surface area (Å²) in [5.41, 5.74) is 4.21. The van der Waals surface area contributed by atoms with Crippen LogP contribution in [0.15, 0.2) is 46.9 Å². The molecule has 0 heterocycles. The predicted molar refractivity (Wildman–Crippen MR) is 91.7 cm³/mol. The van der Waals surface area contributed by atoms with E-state index in [0.717, 1.165) is 21.4 Å². The van der Waals surface area contributed by atoms with E-state index in [0.29, 0.717) is 0 Å². The van der Waals surface area contributed by atoms with Crippen molar-refractivity contribution in [3.05, 3.63) is 58.1 Å². The zero-order chi connectivity index (χ0) is 15.4. The highest BCUT2D eigenvalue weighted by Gasteiger charge is 2.07. The number of carbonyl (C=O) groups excluding carboxylic acids is 1. The number of benzene rings is 2. The molecule has 0 aliphatic rings. The molecule has 1 amide bonds. The number of anilines is 2. The molecule has 2 aromatic carbocycles. The summed E-state index contributed by atoms with van der Waals surface area (Å²) in [6.07, 6.45) is 0. The summed E-state index contributed by atoms with van der Waals surface area (Å²) in [5, 5.41) is 6.29. The van der Waals surface area contributed by atoms with Crippen molar-refractivity contribution in [3.63, 3.8) is 0 Å². The molecule has 0 saturated heterocycles. The third-order valence-corrected chi connectivity index (χ3v) is 3.59. The number of nitrogens with one attached hydrogen (secondary N) is 2. The fraction of sp³-hybridized carbons (Fsp3) is 0.235. The Bertz CT molecular complexity index is 635. The average Bonchev–Trinajstić information content (AvgIpc) is 2.36. The first-order valence-corrected chi connectivity index (χ1v) is 7.64. The first kappa shape index (κ1) is 15.6. The first-order valence-electron chi connectivity index (χ1n) is 6.85. The lowest BCUT2D eigenvalue weighted by atomic mass is 10.1. The van der Waals surface area contributed by atoms with Crippen LogP contribution in [0.25, 0.3) is 0 Å². The molecule has 4 heteroatoms. The summed E-state index contributed by atoms with van der Waals surface area (Å²) >= 11 is 3.51. The lowest BCUT2D eigenvalue weighted by Gasteiger charge is -2.17. The van der Waals surface area contributed by atoms with Gasteiger partial charge >= 0.3 is 0 Å². The number of hydrogen-bond donors (Lipinski definition) is 2. The third-order valence-electron chi connectivity index (χ3n) is 3.13. The summed E-state index contributed by atoms with van der Waals surface area (Å²) in [6, 6.07) is 14.3. The second kappa shape index (κ2) is 6.76. The minimum atomic E-state index is -0.0598. The van der Waals surface area contributed by atoms with E-state index in [-0.39, 0.29) is 11.9 Å². The van der Waals surface area contributed by atoms with Gasteiger partial charge in [0.05, 0.1) is 0 Å². The SMILES string of the molecule is CC(=O)Nc1cccc(C(C)Nc2cc(C)cc(Br)c2)c1. The second-order valence-corrected chi connectivity index (χ2v) is 6.11. The van der Waals surface area contributed by atoms with Crippen molar-refractivity contribution < 1.29 is 4.79 Å². The van der Waals surface area contributed by atoms with Gasteiger partial charge in [0.2, 0.25) is 5.91 Å². The molecule has 0 spiro atoms. The quantitative estimate of drug-likeness (QED) is 0.827. The van der Waals surface area contributed by atoms with Crippen LogP contribution in [0, 0.1) is 6.92 Å². The van der Waals surface area contributed by atoms with Crippen LogP contribution in [0.4, 0.5) is 11.4 Å². The van der Waals surface area contributed by atoms with Crippen LogP contribution in [0.2, 0.25) is 0 Å².